The van der Waals surface area contributed by atoms with E-state index in [9.17, 15) is 9.90 Å². The van der Waals surface area contributed by atoms with Crippen LogP contribution in [-0.2, 0) is 4.79 Å². The minimum absolute atomic E-state index is 0.239. The molecule has 1 saturated heterocycles. The van der Waals surface area contributed by atoms with Gasteiger partial charge in [-0.15, -0.1) is 0 Å². The molecule has 18 heavy (non-hydrogen) atoms. The number of nitrogens with zero attached hydrogens (tertiary/aromatic N) is 2. The summed E-state index contributed by atoms with van der Waals surface area (Å²) in [5, 5.41) is 9.58. The molecular formula is C14H26N2O2. The van der Waals surface area contributed by atoms with E-state index in [2.05, 4.69) is 16.8 Å². The second kappa shape index (κ2) is 6.53. The first-order chi connectivity index (χ1) is 8.68. The van der Waals surface area contributed by atoms with Crippen LogP contribution in [0.4, 0.5) is 0 Å². The lowest BCUT2D eigenvalue weighted by Gasteiger charge is -2.39. The summed E-state index contributed by atoms with van der Waals surface area (Å²) in [5.74, 6) is -0.236. The molecule has 0 bridgehead atoms. The van der Waals surface area contributed by atoms with Gasteiger partial charge in [0.1, 0.15) is 6.04 Å². The van der Waals surface area contributed by atoms with Gasteiger partial charge in [0.2, 0.25) is 0 Å². The number of piperazine rings is 1. The summed E-state index contributed by atoms with van der Waals surface area (Å²) in [5.41, 5.74) is 0. The Morgan fingerprint density at radius 1 is 1.06 bits per heavy atom. The molecule has 2 rings (SSSR count). The second-order valence-corrected chi connectivity index (χ2v) is 5.87. The van der Waals surface area contributed by atoms with Crippen LogP contribution in [0, 0.1) is 5.92 Å². The van der Waals surface area contributed by atoms with Gasteiger partial charge in [-0.2, -0.15) is 0 Å². The van der Waals surface area contributed by atoms with Gasteiger partial charge in [0.15, 0.2) is 0 Å². The third-order valence-corrected chi connectivity index (χ3v) is 4.53. The molecule has 104 valence electrons. The first kappa shape index (κ1) is 13.8. The van der Waals surface area contributed by atoms with Crippen LogP contribution in [-0.4, -0.2) is 60.1 Å². The minimum atomic E-state index is -0.605. The van der Waals surface area contributed by atoms with Gasteiger partial charge in [-0.1, -0.05) is 25.7 Å². The maximum Gasteiger partial charge on any atom is 0.321 e. The van der Waals surface area contributed by atoms with Gasteiger partial charge in [0.25, 0.3) is 0 Å². The van der Waals surface area contributed by atoms with Gasteiger partial charge < -0.3 is 10.0 Å². The number of carboxylic acids is 1. The van der Waals surface area contributed by atoms with E-state index in [1.54, 1.807) is 0 Å². The van der Waals surface area contributed by atoms with Crippen LogP contribution >= 0.6 is 0 Å². The molecule has 1 saturated carbocycles. The van der Waals surface area contributed by atoms with Gasteiger partial charge in [0.05, 0.1) is 0 Å². The van der Waals surface area contributed by atoms with Crippen LogP contribution in [0.1, 0.15) is 38.5 Å². The summed E-state index contributed by atoms with van der Waals surface area (Å²) < 4.78 is 0. The summed E-state index contributed by atoms with van der Waals surface area (Å²) in [7, 11) is 2.11. The van der Waals surface area contributed by atoms with Crippen molar-refractivity contribution in [2.45, 2.75) is 44.6 Å². The molecule has 1 aliphatic carbocycles. The topological polar surface area (TPSA) is 43.8 Å². The Kier molecular flexibility index (Phi) is 5.01. The fraction of sp³-hybridized carbons (Fsp3) is 0.929. The largest absolute Gasteiger partial charge is 0.480 e. The van der Waals surface area contributed by atoms with E-state index in [1.165, 1.54) is 25.7 Å². The molecule has 4 heteroatoms. The van der Waals surface area contributed by atoms with Crippen molar-refractivity contribution in [3.05, 3.63) is 0 Å². The Morgan fingerprint density at radius 3 is 2.11 bits per heavy atom. The van der Waals surface area contributed by atoms with Crippen LogP contribution in [0.2, 0.25) is 0 Å². The highest BCUT2D eigenvalue weighted by Gasteiger charge is 2.34. The SMILES string of the molecule is CN1CCN(C(C(=O)O)C2CCCCCC2)CC1. The second-order valence-electron chi connectivity index (χ2n) is 5.87. The fourth-order valence-corrected chi connectivity index (χ4v) is 3.38. The number of aliphatic carboxylic acids is 1. The Labute approximate surface area is 110 Å². The monoisotopic (exact) mass is 254 g/mol. The van der Waals surface area contributed by atoms with Crippen LogP contribution in [0.3, 0.4) is 0 Å². The van der Waals surface area contributed by atoms with Crippen LogP contribution in [0.25, 0.3) is 0 Å². The lowest BCUT2D eigenvalue weighted by molar-refractivity contribution is -0.146. The highest BCUT2D eigenvalue weighted by atomic mass is 16.4. The first-order valence-electron chi connectivity index (χ1n) is 7.34. The van der Waals surface area contributed by atoms with Crippen LogP contribution < -0.4 is 0 Å². The van der Waals surface area contributed by atoms with Gasteiger partial charge in [-0.05, 0) is 25.8 Å². The molecule has 1 aliphatic heterocycles. The quantitative estimate of drug-likeness (QED) is 0.778. The molecule has 1 heterocycles. The first-order valence-corrected chi connectivity index (χ1v) is 7.34. The fourth-order valence-electron chi connectivity index (χ4n) is 3.38. The van der Waals surface area contributed by atoms with E-state index in [0.29, 0.717) is 5.92 Å². The summed E-state index contributed by atoms with van der Waals surface area (Å²) in [6.07, 6.45) is 7.19. The molecule has 2 fully saturated rings. The average molecular weight is 254 g/mol. The third kappa shape index (κ3) is 3.45. The summed E-state index contributed by atoms with van der Waals surface area (Å²) >= 11 is 0. The van der Waals surface area contributed by atoms with Gasteiger partial charge in [-0.3, -0.25) is 9.69 Å². The predicted molar refractivity (Wildman–Crippen MR) is 71.7 cm³/mol. The molecule has 0 radical (unpaired) electrons. The Hall–Kier alpha value is -0.610. The molecule has 0 aromatic heterocycles. The number of rotatable bonds is 3. The lowest BCUT2D eigenvalue weighted by atomic mass is 9.90. The molecule has 1 atom stereocenters. The molecule has 0 spiro atoms. The van der Waals surface area contributed by atoms with E-state index in [1.807, 2.05) is 0 Å². The zero-order valence-electron chi connectivity index (χ0n) is 11.5. The van der Waals surface area contributed by atoms with E-state index in [-0.39, 0.29) is 6.04 Å². The minimum Gasteiger partial charge on any atom is -0.480 e. The summed E-state index contributed by atoms with van der Waals surface area (Å²) in [6.45, 7) is 3.81. The molecule has 4 nitrogen and oxygen atoms in total. The average Bonchev–Trinajstić information content (AvgIpc) is 2.60. The zero-order valence-corrected chi connectivity index (χ0v) is 11.5. The lowest BCUT2D eigenvalue weighted by Crippen LogP contribution is -2.54. The molecule has 1 N–H and O–H groups in total. The number of carboxylic acid groups (broad SMARTS) is 1. The van der Waals surface area contributed by atoms with Crippen molar-refractivity contribution in [1.82, 2.24) is 9.80 Å². The third-order valence-electron chi connectivity index (χ3n) is 4.53. The maximum absolute atomic E-state index is 11.6. The molecule has 0 aromatic carbocycles. The Bertz CT molecular complexity index is 267. The van der Waals surface area contributed by atoms with Crippen molar-refractivity contribution >= 4 is 5.97 Å². The van der Waals surface area contributed by atoms with Crippen molar-refractivity contribution in [2.24, 2.45) is 5.92 Å². The van der Waals surface area contributed by atoms with Crippen molar-refractivity contribution in [1.29, 1.82) is 0 Å². The van der Waals surface area contributed by atoms with E-state index in [4.69, 9.17) is 0 Å². The van der Waals surface area contributed by atoms with Crippen molar-refractivity contribution in [2.75, 3.05) is 33.2 Å². The zero-order chi connectivity index (χ0) is 13.0. The summed E-state index contributed by atoms with van der Waals surface area (Å²) in [4.78, 5) is 16.1. The molecule has 0 amide bonds. The van der Waals surface area contributed by atoms with E-state index in [0.717, 1.165) is 39.0 Å². The Morgan fingerprint density at radius 2 is 1.61 bits per heavy atom. The van der Waals surface area contributed by atoms with Crippen molar-refractivity contribution < 1.29 is 9.90 Å². The van der Waals surface area contributed by atoms with Gasteiger partial charge in [-0.25, -0.2) is 0 Å². The summed E-state index contributed by atoms with van der Waals surface area (Å²) in [6, 6.07) is -0.239. The van der Waals surface area contributed by atoms with Crippen LogP contribution in [0.5, 0.6) is 0 Å². The van der Waals surface area contributed by atoms with Crippen LogP contribution in [0.15, 0.2) is 0 Å². The normalized spacial score (nSPS) is 26.7. The van der Waals surface area contributed by atoms with Gasteiger partial charge >= 0.3 is 5.97 Å². The Balaban J connectivity index is 2.00. The van der Waals surface area contributed by atoms with Crippen molar-refractivity contribution in [3.63, 3.8) is 0 Å². The smallest absolute Gasteiger partial charge is 0.321 e. The van der Waals surface area contributed by atoms with E-state index < -0.39 is 5.97 Å². The highest BCUT2D eigenvalue weighted by Crippen LogP contribution is 2.28. The standard InChI is InChI=1S/C14H26N2O2/c1-15-8-10-16(11-9-15)13(14(17)18)12-6-4-2-3-5-7-12/h12-13H,2-11H2,1H3,(H,17,18). The molecular weight excluding hydrogens is 228 g/mol. The molecule has 0 aromatic rings. The number of hydrogen-bond donors (Lipinski definition) is 1. The number of likely N-dealkylation sites (N-methyl/N-ethyl adjacent to an activating group) is 1. The van der Waals surface area contributed by atoms with Crippen molar-refractivity contribution in [3.8, 4) is 0 Å². The number of carbonyl (C=O) groups is 1. The highest BCUT2D eigenvalue weighted by molar-refractivity contribution is 5.74. The van der Waals surface area contributed by atoms with Gasteiger partial charge in [0, 0.05) is 26.2 Å². The molecule has 2 aliphatic rings. The van der Waals surface area contributed by atoms with E-state index >= 15 is 0 Å². The predicted octanol–water partition coefficient (Wildman–Crippen LogP) is 1.66. The molecule has 1 unspecified atom stereocenters. The number of hydrogen-bond acceptors (Lipinski definition) is 3. The maximum atomic E-state index is 11.6.